The molecule has 158 valence electrons. The molecule has 0 spiro atoms. The average Bonchev–Trinajstić information content (AvgIpc) is 2.77. The Labute approximate surface area is 176 Å². The van der Waals surface area contributed by atoms with E-state index in [0.29, 0.717) is 5.56 Å². The fourth-order valence-corrected chi connectivity index (χ4v) is 3.16. The summed E-state index contributed by atoms with van der Waals surface area (Å²) in [5, 5.41) is 22.5. The summed E-state index contributed by atoms with van der Waals surface area (Å²) in [6.45, 7) is -0.673. The van der Waals surface area contributed by atoms with Gasteiger partial charge >= 0.3 is 5.97 Å². The molecule has 3 aromatic rings. The molecule has 31 heavy (non-hydrogen) atoms. The van der Waals surface area contributed by atoms with Crippen LogP contribution in [-0.4, -0.2) is 15.8 Å². The lowest BCUT2D eigenvalue weighted by atomic mass is 9.89. The summed E-state index contributed by atoms with van der Waals surface area (Å²) in [6, 6.07) is 18.3. The number of nitrogens with zero attached hydrogens (tertiary/aromatic N) is 2. The molecule has 10 nitrogen and oxygen atoms in total. The molecular formula is C21H18N4O6. The van der Waals surface area contributed by atoms with E-state index in [2.05, 4.69) is 0 Å². The number of esters is 1. The van der Waals surface area contributed by atoms with Crippen LogP contribution in [0.15, 0.2) is 72.8 Å². The number of benzene rings is 3. The van der Waals surface area contributed by atoms with E-state index in [-0.39, 0.29) is 16.7 Å². The quantitative estimate of drug-likeness (QED) is 0.254. The first-order valence-electron chi connectivity index (χ1n) is 9.04. The van der Waals surface area contributed by atoms with Gasteiger partial charge in [0.2, 0.25) is 0 Å². The van der Waals surface area contributed by atoms with Crippen LogP contribution < -0.4 is 11.5 Å². The van der Waals surface area contributed by atoms with Crippen LogP contribution >= 0.6 is 0 Å². The number of rotatable bonds is 7. The smallest absolute Gasteiger partial charge is 0.338 e. The molecule has 0 fully saturated rings. The van der Waals surface area contributed by atoms with Crippen LogP contribution in [0.1, 0.15) is 27.0 Å². The highest BCUT2D eigenvalue weighted by Crippen LogP contribution is 2.30. The minimum atomic E-state index is -1.53. The lowest BCUT2D eigenvalue weighted by Crippen LogP contribution is -2.48. The maximum absolute atomic E-state index is 12.8. The van der Waals surface area contributed by atoms with Crippen LogP contribution in [0.4, 0.5) is 11.4 Å². The second-order valence-corrected chi connectivity index (χ2v) is 6.65. The number of hydrogen-bond acceptors (Lipinski definition) is 8. The second-order valence-electron chi connectivity index (χ2n) is 6.65. The van der Waals surface area contributed by atoms with Crippen molar-refractivity contribution in [3.8, 4) is 0 Å². The largest absolute Gasteiger partial charge is 0.457 e. The highest BCUT2D eigenvalue weighted by atomic mass is 16.6. The van der Waals surface area contributed by atoms with Crippen LogP contribution in [0.5, 0.6) is 0 Å². The van der Waals surface area contributed by atoms with Crippen LogP contribution in [-0.2, 0) is 17.0 Å². The minimum Gasteiger partial charge on any atom is -0.457 e. The standard InChI is InChI=1S/C21H18N4O6/c22-21(23,14-7-2-1-3-8-14)17-10-5-4-9-15(17)20(26)31-13-16-18(24(27)28)11-6-12-19(16)25(29)30/h1-12H,13,22-23H2. The Bertz CT molecular complexity index is 1120. The highest BCUT2D eigenvalue weighted by Gasteiger charge is 2.31. The summed E-state index contributed by atoms with van der Waals surface area (Å²) in [4.78, 5) is 33.8. The first kappa shape index (κ1) is 21.6. The predicted octanol–water partition coefficient (Wildman–Crippen LogP) is 2.98. The molecule has 0 atom stereocenters. The lowest BCUT2D eigenvalue weighted by molar-refractivity contribution is -0.396. The minimum absolute atomic E-state index is 0.0394. The van der Waals surface area contributed by atoms with Gasteiger partial charge in [-0.2, -0.15) is 0 Å². The molecule has 0 bridgehead atoms. The van der Waals surface area contributed by atoms with Gasteiger partial charge in [0.1, 0.15) is 17.8 Å². The van der Waals surface area contributed by atoms with E-state index in [1.807, 2.05) is 0 Å². The van der Waals surface area contributed by atoms with Crippen LogP contribution in [0.2, 0.25) is 0 Å². The molecule has 0 aromatic heterocycles. The topological polar surface area (TPSA) is 165 Å². The van der Waals surface area contributed by atoms with E-state index in [0.717, 1.165) is 12.1 Å². The SMILES string of the molecule is NC(N)(c1ccccc1)c1ccccc1C(=O)OCc1c([N+](=O)[O-])cccc1[N+](=O)[O-]. The third-order valence-electron chi connectivity index (χ3n) is 4.71. The fourth-order valence-electron chi connectivity index (χ4n) is 3.16. The molecule has 0 amide bonds. The second kappa shape index (κ2) is 8.69. The zero-order valence-corrected chi connectivity index (χ0v) is 16.1. The summed E-state index contributed by atoms with van der Waals surface area (Å²) < 4.78 is 5.21. The number of nitro groups is 2. The van der Waals surface area contributed by atoms with E-state index < -0.39 is 39.5 Å². The maximum Gasteiger partial charge on any atom is 0.338 e. The summed E-state index contributed by atoms with van der Waals surface area (Å²) in [5.41, 5.74) is 10.6. The third-order valence-corrected chi connectivity index (χ3v) is 4.71. The van der Waals surface area contributed by atoms with Crippen molar-refractivity contribution >= 4 is 17.3 Å². The van der Waals surface area contributed by atoms with E-state index in [1.54, 1.807) is 48.5 Å². The number of carbonyl (C=O) groups is 1. The van der Waals surface area contributed by atoms with Gasteiger partial charge in [0.25, 0.3) is 11.4 Å². The average molecular weight is 422 g/mol. The van der Waals surface area contributed by atoms with Crippen LogP contribution in [0.3, 0.4) is 0 Å². The van der Waals surface area contributed by atoms with E-state index in [1.165, 1.54) is 12.1 Å². The van der Waals surface area contributed by atoms with Crippen molar-refractivity contribution in [2.24, 2.45) is 11.5 Å². The van der Waals surface area contributed by atoms with E-state index >= 15 is 0 Å². The summed E-state index contributed by atoms with van der Waals surface area (Å²) >= 11 is 0. The lowest BCUT2D eigenvalue weighted by Gasteiger charge is -2.27. The van der Waals surface area contributed by atoms with Gasteiger partial charge in [0, 0.05) is 17.7 Å². The van der Waals surface area contributed by atoms with Crippen molar-refractivity contribution in [1.82, 2.24) is 0 Å². The molecule has 0 heterocycles. The Hall–Kier alpha value is -4.15. The number of hydrogen-bond donors (Lipinski definition) is 2. The fraction of sp³-hybridized carbons (Fsp3) is 0.0952. The third kappa shape index (κ3) is 4.39. The Morgan fingerprint density at radius 2 is 1.39 bits per heavy atom. The van der Waals surface area contributed by atoms with Crippen LogP contribution in [0, 0.1) is 20.2 Å². The van der Waals surface area contributed by atoms with E-state index in [4.69, 9.17) is 16.2 Å². The van der Waals surface area contributed by atoms with Crippen molar-refractivity contribution in [2.75, 3.05) is 0 Å². The van der Waals surface area contributed by atoms with Gasteiger partial charge in [-0.25, -0.2) is 4.79 Å². The van der Waals surface area contributed by atoms with Gasteiger partial charge < -0.3 is 16.2 Å². The first-order chi connectivity index (χ1) is 14.7. The molecular weight excluding hydrogens is 404 g/mol. The Morgan fingerprint density at radius 1 is 0.839 bits per heavy atom. The molecule has 3 aromatic carbocycles. The number of carbonyl (C=O) groups excluding carboxylic acids is 1. The molecule has 0 saturated heterocycles. The molecule has 0 aliphatic heterocycles. The zero-order chi connectivity index (χ0) is 22.6. The molecule has 0 unspecified atom stereocenters. The van der Waals surface area contributed by atoms with Crippen molar-refractivity contribution < 1.29 is 19.4 Å². The monoisotopic (exact) mass is 422 g/mol. The molecule has 0 saturated carbocycles. The number of nitrogens with two attached hydrogens (primary N) is 2. The van der Waals surface area contributed by atoms with Gasteiger partial charge in [0.15, 0.2) is 0 Å². The van der Waals surface area contributed by atoms with Gasteiger partial charge in [-0.15, -0.1) is 0 Å². The van der Waals surface area contributed by atoms with Gasteiger partial charge in [0.05, 0.1) is 15.4 Å². The Kier molecular flexibility index (Phi) is 6.05. The normalized spacial score (nSPS) is 11.0. The highest BCUT2D eigenvalue weighted by molar-refractivity contribution is 5.91. The summed E-state index contributed by atoms with van der Waals surface area (Å²) in [6.07, 6.45) is 0. The first-order valence-corrected chi connectivity index (χ1v) is 9.04. The zero-order valence-electron chi connectivity index (χ0n) is 16.1. The van der Waals surface area contributed by atoms with Crippen molar-refractivity contribution in [1.29, 1.82) is 0 Å². The Balaban J connectivity index is 1.94. The number of nitro benzene ring substituents is 2. The Morgan fingerprint density at radius 3 is 1.97 bits per heavy atom. The summed E-state index contributed by atoms with van der Waals surface area (Å²) in [7, 11) is 0. The number of ether oxygens (including phenoxy) is 1. The molecule has 4 N–H and O–H groups in total. The van der Waals surface area contributed by atoms with Gasteiger partial charge in [-0.1, -0.05) is 48.5 Å². The van der Waals surface area contributed by atoms with E-state index in [9.17, 15) is 25.0 Å². The maximum atomic E-state index is 12.8. The van der Waals surface area contributed by atoms with Crippen molar-refractivity contribution in [2.45, 2.75) is 12.3 Å². The van der Waals surface area contributed by atoms with Crippen molar-refractivity contribution in [3.63, 3.8) is 0 Å². The van der Waals surface area contributed by atoms with Crippen LogP contribution in [0.25, 0.3) is 0 Å². The molecule has 0 aliphatic carbocycles. The molecule has 10 heteroatoms. The molecule has 0 aliphatic rings. The van der Waals surface area contributed by atoms with Gasteiger partial charge in [-0.3, -0.25) is 20.2 Å². The van der Waals surface area contributed by atoms with Crippen molar-refractivity contribution in [3.05, 3.63) is 115 Å². The molecule has 0 radical (unpaired) electrons. The predicted molar refractivity (Wildman–Crippen MR) is 111 cm³/mol. The molecule has 3 rings (SSSR count). The summed E-state index contributed by atoms with van der Waals surface area (Å²) in [5.74, 6) is -0.876. The van der Waals surface area contributed by atoms with Gasteiger partial charge in [-0.05, 0) is 17.7 Å².